The van der Waals surface area contributed by atoms with Gasteiger partial charge in [-0.3, -0.25) is 0 Å². The summed E-state index contributed by atoms with van der Waals surface area (Å²) in [6, 6.07) is 9.01. The van der Waals surface area contributed by atoms with Gasteiger partial charge in [-0.15, -0.1) is 0 Å². The largest absolute Gasteiger partial charge is 0.326 e. The van der Waals surface area contributed by atoms with Crippen LogP contribution in [0, 0.1) is 5.82 Å². The van der Waals surface area contributed by atoms with Crippen LogP contribution in [0.2, 0.25) is 0 Å². The number of aromatic nitrogens is 1. The van der Waals surface area contributed by atoms with Crippen molar-refractivity contribution in [2.24, 2.45) is 10.2 Å². The molecule has 0 radical (unpaired) electrons. The quantitative estimate of drug-likeness (QED) is 0.773. The summed E-state index contributed by atoms with van der Waals surface area (Å²) in [5, 5.41) is 7.36. The van der Waals surface area contributed by atoms with Gasteiger partial charge in [0.05, 0.1) is 0 Å². The van der Waals surface area contributed by atoms with Crippen molar-refractivity contribution in [1.82, 2.24) is 4.98 Å². The Hall–Kier alpha value is -2.30. The topological polar surface area (TPSA) is 40.9 Å². The molecule has 0 atom stereocenters. The molecular weight excluding hydrogens is 255 g/mol. The van der Waals surface area contributed by atoms with Gasteiger partial charge in [-0.1, -0.05) is 6.07 Å². The summed E-state index contributed by atoms with van der Waals surface area (Å²) in [4.78, 5) is 6.48. The normalized spacial score (nSPS) is 14.6. The number of anilines is 2. The van der Waals surface area contributed by atoms with Crippen LogP contribution in [0.4, 0.5) is 21.6 Å². The highest BCUT2D eigenvalue weighted by Gasteiger charge is 2.20. The maximum absolute atomic E-state index is 14.0. The van der Waals surface area contributed by atoms with Crippen molar-refractivity contribution in [3.8, 4) is 0 Å². The van der Waals surface area contributed by atoms with Crippen LogP contribution in [0.3, 0.4) is 0 Å². The number of rotatable bonds is 2. The number of hydrogen-bond acceptors (Lipinski definition) is 4. The zero-order valence-corrected chi connectivity index (χ0v) is 11.3. The lowest BCUT2D eigenvalue weighted by atomic mass is 10.0. The van der Waals surface area contributed by atoms with Gasteiger partial charge in [0.2, 0.25) is 0 Å². The van der Waals surface area contributed by atoms with E-state index < -0.39 is 0 Å². The van der Waals surface area contributed by atoms with Crippen molar-refractivity contribution >= 4 is 17.2 Å². The molecule has 1 aliphatic rings. The number of fused-ring (bicyclic) bond motifs is 1. The monoisotopic (exact) mass is 270 g/mol. The number of hydrogen-bond donors (Lipinski definition) is 0. The number of azo groups is 1. The van der Waals surface area contributed by atoms with E-state index in [0.717, 1.165) is 30.9 Å². The second kappa shape index (κ2) is 5.36. The van der Waals surface area contributed by atoms with E-state index in [1.54, 1.807) is 12.3 Å². The molecule has 2 aromatic rings. The third kappa shape index (κ3) is 2.27. The fraction of sp³-hybridized carbons (Fsp3) is 0.267. The van der Waals surface area contributed by atoms with E-state index in [4.69, 9.17) is 0 Å². The molecule has 20 heavy (non-hydrogen) atoms. The molecule has 0 spiro atoms. The number of nitrogens with zero attached hydrogens (tertiary/aromatic N) is 4. The van der Waals surface area contributed by atoms with Crippen molar-refractivity contribution in [2.75, 3.05) is 18.5 Å². The first-order valence-corrected chi connectivity index (χ1v) is 6.60. The molecular formula is C15H15FN4. The highest BCUT2D eigenvalue weighted by atomic mass is 19.1. The molecule has 0 fully saturated rings. The van der Waals surface area contributed by atoms with Crippen LogP contribution in [-0.2, 0) is 6.42 Å². The third-order valence-corrected chi connectivity index (χ3v) is 3.40. The van der Waals surface area contributed by atoms with E-state index in [2.05, 4.69) is 26.2 Å². The molecule has 0 aliphatic carbocycles. The molecule has 102 valence electrons. The molecule has 0 saturated carbocycles. The standard InChI is InChI=1S/C15H15FN4/c1-17-19-14-7-6-12(10-13(14)16)20-9-3-5-11-4-2-8-18-15(11)20/h2,4,6-8,10H,3,5,9H2,1H3/b19-17+. The molecule has 1 aromatic heterocycles. The molecule has 1 aromatic carbocycles. The Morgan fingerprint density at radius 3 is 3.00 bits per heavy atom. The summed E-state index contributed by atoms with van der Waals surface area (Å²) in [5.74, 6) is 0.555. The maximum atomic E-state index is 14.0. The van der Waals surface area contributed by atoms with Gasteiger partial charge in [0, 0.05) is 25.5 Å². The van der Waals surface area contributed by atoms with Gasteiger partial charge in [-0.25, -0.2) is 9.37 Å². The molecule has 0 N–H and O–H groups in total. The highest BCUT2D eigenvalue weighted by molar-refractivity contribution is 5.65. The second-order valence-corrected chi connectivity index (χ2v) is 4.68. The van der Waals surface area contributed by atoms with Gasteiger partial charge in [0.25, 0.3) is 0 Å². The SMILES string of the molecule is C/N=N/c1ccc(N2CCCc3cccnc32)cc1F. The molecule has 3 rings (SSSR count). The maximum Gasteiger partial charge on any atom is 0.152 e. The van der Waals surface area contributed by atoms with Crippen LogP contribution in [0.1, 0.15) is 12.0 Å². The minimum absolute atomic E-state index is 0.259. The van der Waals surface area contributed by atoms with Crippen molar-refractivity contribution in [3.63, 3.8) is 0 Å². The first-order chi connectivity index (χ1) is 9.79. The molecule has 2 heterocycles. The van der Waals surface area contributed by atoms with E-state index in [9.17, 15) is 4.39 Å². The Morgan fingerprint density at radius 2 is 2.20 bits per heavy atom. The molecule has 0 bridgehead atoms. The number of halogens is 1. The van der Waals surface area contributed by atoms with Crippen molar-refractivity contribution in [1.29, 1.82) is 0 Å². The number of benzene rings is 1. The van der Waals surface area contributed by atoms with Gasteiger partial charge in [-0.05, 0) is 42.7 Å². The van der Waals surface area contributed by atoms with Gasteiger partial charge in [-0.2, -0.15) is 10.2 Å². The Bertz CT molecular complexity index is 654. The van der Waals surface area contributed by atoms with Crippen LogP contribution >= 0.6 is 0 Å². The molecule has 1 aliphatic heterocycles. The summed E-state index contributed by atoms with van der Waals surface area (Å²) in [7, 11) is 1.53. The van der Waals surface area contributed by atoms with Crippen LogP contribution < -0.4 is 4.90 Å². The lowest BCUT2D eigenvalue weighted by Gasteiger charge is -2.30. The lowest BCUT2D eigenvalue weighted by molar-refractivity contribution is 0.627. The Labute approximate surface area is 117 Å². The van der Waals surface area contributed by atoms with Gasteiger partial charge in [0.1, 0.15) is 11.5 Å². The van der Waals surface area contributed by atoms with Gasteiger partial charge >= 0.3 is 0 Å². The third-order valence-electron chi connectivity index (χ3n) is 3.40. The minimum atomic E-state index is -0.365. The van der Waals surface area contributed by atoms with Gasteiger partial charge in [0.15, 0.2) is 5.82 Å². The fourth-order valence-electron chi connectivity index (χ4n) is 2.51. The van der Waals surface area contributed by atoms with Crippen LogP contribution in [0.5, 0.6) is 0 Å². The predicted octanol–water partition coefficient (Wildman–Crippen LogP) is 4.02. The summed E-state index contributed by atoms with van der Waals surface area (Å²) >= 11 is 0. The summed E-state index contributed by atoms with van der Waals surface area (Å²) < 4.78 is 14.0. The van der Waals surface area contributed by atoms with E-state index in [-0.39, 0.29) is 11.5 Å². The molecule has 4 nitrogen and oxygen atoms in total. The zero-order valence-electron chi connectivity index (χ0n) is 11.3. The fourth-order valence-corrected chi connectivity index (χ4v) is 2.51. The molecule has 0 saturated heterocycles. The smallest absolute Gasteiger partial charge is 0.152 e. The second-order valence-electron chi connectivity index (χ2n) is 4.68. The van der Waals surface area contributed by atoms with Crippen molar-refractivity contribution in [3.05, 3.63) is 47.9 Å². The lowest BCUT2D eigenvalue weighted by Crippen LogP contribution is -2.25. The average Bonchev–Trinajstić information content (AvgIpc) is 2.49. The van der Waals surface area contributed by atoms with E-state index in [1.165, 1.54) is 18.7 Å². The van der Waals surface area contributed by atoms with E-state index in [1.807, 2.05) is 12.1 Å². The average molecular weight is 270 g/mol. The predicted molar refractivity (Wildman–Crippen MR) is 76.4 cm³/mol. The van der Waals surface area contributed by atoms with Crippen LogP contribution in [0.25, 0.3) is 0 Å². The summed E-state index contributed by atoms with van der Waals surface area (Å²) in [6.07, 6.45) is 3.83. The Kier molecular flexibility index (Phi) is 3.41. The highest BCUT2D eigenvalue weighted by Crippen LogP contribution is 2.33. The summed E-state index contributed by atoms with van der Waals surface area (Å²) in [5.41, 5.74) is 2.27. The first kappa shape index (κ1) is 12.7. The molecule has 0 amide bonds. The van der Waals surface area contributed by atoms with Crippen LogP contribution in [0.15, 0.2) is 46.8 Å². The van der Waals surface area contributed by atoms with Crippen molar-refractivity contribution < 1.29 is 4.39 Å². The Balaban J connectivity index is 2.00. The number of aryl methyl sites for hydroxylation is 1. The first-order valence-electron chi connectivity index (χ1n) is 6.60. The van der Waals surface area contributed by atoms with Gasteiger partial charge < -0.3 is 4.90 Å². The number of pyridine rings is 1. The van der Waals surface area contributed by atoms with Crippen molar-refractivity contribution in [2.45, 2.75) is 12.8 Å². The van der Waals surface area contributed by atoms with Crippen LogP contribution in [-0.4, -0.2) is 18.6 Å². The molecule has 5 heteroatoms. The van der Waals surface area contributed by atoms with E-state index in [0.29, 0.717) is 0 Å². The minimum Gasteiger partial charge on any atom is -0.326 e. The molecule has 0 unspecified atom stereocenters. The summed E-state index contributed by atoms with van der Waals surface area (Å²) in [6.45, 7) is 0.845. The van der Waals surface area contributed by atoms with E-state index >= 15 is 0 Å². The zero-order chi connectivity index (χ0) is 13.9. The Morgan fingerprint density at radius 1 is 1.30 bits per heavy atom.